The molecule has 1 nitrogen and oxygen atoms in total. The van der Waals surface area contributed by atoms with E-state index in [0.717, 1.165) is 24.2 Å². The molecule has 0 bridgehead atoms. The average Bonchev–Trinajstić information content (AvgIpc) is 2.54. The maximum absolute atomic E-state index is 9.09. The lowest BCUT2D eigenvalue weighted by Gasteiger charge is -2.29. The summed E-state index contributed by atoms with van der Waals surface area (Å²) in [6.07, 6.45) is 7.62. The number of fused-ring (bicyclic) bond motifs is 1. The zero-order valence-corrected chi connectivity index (χ0v) is 12.9. The van der Waals surface area contributed by atoms with Crippen molar-refractivity contribution in [3.63, 3.8) is 0 Å². The SMILES string of the molecule is CC(C)C1=C[C@H]2[C@@H](CC[C@H]2C)C[C@](C)(SC#N)C1. The van der Waals surface area contributed by atoms with Gasteiger partial charge < -0.3 is 0 Å². The number of allylic oxidation sites excluding steroid dienone is 2. The van der Waals surface area contributed by atoms with Gasteiger partial charge in [-0.05, 0) is 68.0 Å². The highest BCUT2D eigenvalue weighted by molar-refractivity contribution is 8.05. The van der Waals surface area contributed by atoms with Crippen molar-refractivity contribution in [2.45, 2.75) is 58.1 Å². The van der Waals surface area contributed by atoms with Gasteiger partial charge in [-0.2, -0.15) is 5.26 Å². The summed E-state index contributed by atoms with van der Waals surface area (Å²) >= 11 is 1.50. The molecule has 4 atom stereocenters. The van der Waals surface area contributed by atoms with Gasteiger partial charge in [0, 0.05) is 4.75 Å². The number of nitriles is 1. The first-order valence-electron chi connectivity index (χ1n) is 7.23. The minimum Gasteiger partial charge on any atom is -0.185 e. The number of thiocyanates is 1. The molecule has 0 radical (unpaired) electrons. The second-order valence-corrected chi connectivity index (χ2v) is 8.18. The third kappa shape index (κ3) is 2.77. The van der Waals surface area contributed by atoms with E-state index in [9.17, 15) is 0 Å². The highest BCUT2D eigenvalue weighted by Gasteiger charge is 2.41. The first kappa shape index (κ1) is 14.0. The van der Waals surface area contributed by atoms with E-state index < -0.39 is 0 Å². The summed E-state index contributed by atoms with van der Waals surface area (Å²) in [5.41, 5.74) is 1.58. The van der Waals surface area contributed by atoms with E-state index in [0.29, 0.717) is 5.92 Å². The summed E-state index contributed by atoms with van der Waals surface area (Å²) in [5.74, 6) is 3.03. The Balaban J connectivity index is 2.30. The van der Waals surface area contributed by atoms with Crippen LogP contribution in [-0.2, 0) is 0 Å². The van der Waals surface area contributed by atoms with E-state index in [1.54, 1.807) is 5.57 Å². The lowest BCUT2D eigenvalue weighted by Crippen LogP contribution is -2.24. The topological polar surface area (TPSA) is 23.8 Å². The van der Waals surface area contributed by atoms with Gasteiger partial charge in [0.25, 0.3) is 0 Å². The summed E-state index contributed by atoms with van der Waals surface area (Å²) < 4.78 is 0.133. The maximum Gasteiger partial charge on any atom is 0.133 e. The Morgan fingerprint density at radius 3 is 2.78 bits per heavy atom. The van der Waals surface area contributed by atoms with Gasteiger partial charge in [-0.3, -0.25) is 0 Å². The largest absolute Gasteiger partial charge is 0.185 e. The summed E-state index contributed by atoms with van der Waals surface area (Å²) in [4.78, 5) is 0. The molecule has 100 valence electrons. The van der Waals surface area contributed by atoms with Crippen LogP contribution in [0, 0.1) is 34.3 Å². The molecule has 0 spiro atoms. The van der Waals surface area contributed by atoms with Gasteiger partial charge in [-0.15, -0.1) is 0 Å². The highest BCUT2D eigenvalue weighted by atomic mass is 32.2. The van der Waals surface area contributed by atoms with Crippen molar-refractivity contribution >= 4 is 11.8 Å². The molecule has 2 rings (SSSR count). The normalized spacial score (nSPS) is 40.0. The number of rotatable bonds is 2. The predicted octanol–water partition coefficient (Wildman–Crippen LogP) is 5.00. The van der Waals surface area contributed by atoms with E-state index in [1.807, 2.05) is 0 Å². The maximum atomic E-state index is 9.09. The van der Waals surface area contributed by atoms with Gasteiger partial charge in [0.15, 0.2) is 0 Å². The Morgan fingerprint density at radius 1 is 1.44 bits per heavy atom. The van der Waals surface area contributed by atoms with Crippen molar-refractivity contribution in [3.8, 4) is 5.40 Å². The lowest BCUT2D eigenvalue weighted by atomic mass is 9.86. The predicted molar refractivity (Wildman–Crippen MR) is 79.1 cm³/mol. The van der Waals surface area contributed by atoms with Crippen LogP contribution in [0.2, 0.25) is 0 Å². The van der Waals surface area contributed by atoms with Crippen molar-refractivity contribution in [1.29, 1.82) is 5.26 Å². The van der Waals surface area contributed by atoms with Gasteiger partial charge >= 0.3 is 0 Å². The summed E-state index contributed by atoms with van der Waals surface area (Å²) in [6, 6.07) is 0. The van der Waals surface area contributed by atoms with E-state index in [4.69, 9.17) is 5.26 Å². The molecule has 2 aliphatic rings. The van der Waals surface area contributed by atoms with Gasteiger partial charge in [-0.1, -0.05) is 32.4 Å². The molecule has 0 aliphatic heterocycles. The number of nitrogens with zero attached hydrogens (tertiary/aromatic N) is 1. The number of hydrogen-bond donors (Lipinski definition) is 0. The van der Waals surface area contributed by atoms with Crippen molar-refractivity contribution in [2.75, 3.05) is 0 Å². The molecular weight excluding hydrogens is 238 g/mol. The molecule has 0 aromatic carbocycles. The van der Waals surface area contributed by atoms with E-state index >= 15 is 0 Å². The van der Waals surface area contributed by atoms with Crippen molar-refractivity contribution in [3.05, 3.63) is 11.6 Å². The molecule has 0 heterocycles. The summed E-state index contributed by atoms with van der Waals surface area (Å²) in [7, 11) is 0. The fourth-order valence-corrected chi connectivity index (χ4v) is 4.57. The Morgan fingerprint density at radius 2 is 2.17 bits per heavy atom. The zero-order chi connectivity index (χ0) is 13.3. The van der Waals surface area contributed by atoms with Crippen LogP contribution in [0.25, 0.3) is 0 Å². The molecule has 0 unspecified atom stereocenters. The molecular formula is C16H25NS. The highest BCUT2D eigenvalue weighted by Crippen LogP contribution is 2.50. The van der Waals surface area contributed by atoms with Crippen LogP contribution >= 0.6 is 11.8 Å². The van der Waals surface area contributed by atoms with Gasteiger partial charge in [0.1, 0.15) is 5.40 Å². The average molecular weight is 263 g/mol. The second-order valence-electron chi connectivity index (χ2n) is 6.81. The minimum atomic E-state index is 0.133. The third-order valence-corrected chi connectivity index (χ3v) is 5.80. The molecule has 0 saturated heterocycles. The van der Waals surface area contributed by atoms with Crippen LogP contribution in [0.1, 0.15) is 53.4 Å². The number of hydrogen-bond acceptors (Lipinski definition) is 2. The Labute approximate surface area is 116 Å². The third-order valence-electron chi connectivity index (χ3n) is 4.91. The molecule has 2 heteroatoms. The monoisotopic (exact) mass is 263 g/mol. The van der Waals surface area contributed by atoms with Crippen molar-refractivity contribution in [2.24, 2.45) is 23.7 Å². The first-order chi connectivity index (χ1) is 8.45. The van der Waals surface area contributed by atoms with Crippen molar-refractivity contribution < 1.29 is 0 Å². The van der Waals surface area contributed by atoms with Crippen LogP contribution in [0.5, 0.6) is 0 Å². The molecule has 0 aromatic heterocycles. The first-order valence-corrected chi connectivity index (χ1v) is 8.04. The summed E-state index contributed by atoms with van der Waals surface area (Å²) in [6.45, 7) is 9.29. The van der Waals surface area contributed by atoms with E-state index in [-0.39, 0.29) is 4.75 Å². The lowest BCUT2D eigenvalue weighted by molar-refractivity contribution is 0.356. The molecule has 1 fully saturated rings. The molecule has 0 aromatic rings. The van der Waals surface area contributed by atoms with Gasteiger partial charge in [0.2, 0.25) is 0 Å². The molecule has 1 saturated carbocycles. The van der Waals surface area contributed by atoms with Crippen LogP contribution in [0.15, 0.2) is 11.6 Å². The molecule has 0 amide bonds. The second kappa shape index (κ2) is 5.29. The van der Waals surface area contributed by atoms with Crippen LogP contribution in [-0.4, -0.2) is 4.75 Å². The Bertz CT molecular complexity index is 379. The zero-order valence-electron chi connectivity index (χ0n) is 12.1. The smallest absolute Gasteiger partial charge is 0.133 e. The van der Waals surface area contributed by atoms with Gasteiger partial charge in [0.05, 0.1) is 0 Å². The molecule has 18 heavy (non-hydrogen) atoms. The number of thioether (sulfide) groups is 1. The quantitative estimate of drug-likeness (QED) is 0.517. The van der Waals surface area contributed by atoms with Gasteiger partial charge in [-0.25, -0.2) is 0 Å². The molecule has 0 N–H and O–H groups in total. The van der Waals surface area contributed by atoms with Crippen LogP contribution in [0.3, 0.4) is 0 Å². The Kier molecular flexibility index (Phi) is 4.11. The van der Waals surface area contributed by atoms with E-state index in [1.165, 1.54) is 31.0 Å². The van der Waals surface area contributed by atoms with Crippen LogP contribution in [0.4, 0.5) is 0 Å². The fourth-order valence-electron chi connectivity index (χ4n) is 3.81. The summed E-state index contributed by atoms with van der Waals surface area (Å²) in [5, 5.41) is 11.4. The Hall–Kier alpha value is -0.420. The van der Waals surface area contributed by atoms with Crippen LogP contribution < -0.4 is 0 Å². The fraction of sp³-hybridized carbons (Fsp3) is 0.812. The van der Waals surface area contributed by atoms with Crippen molar-refractivity contribution in [1.82, 2.24) is 0 Å². The minimum absolute atomic E-state index is 0.133. The molecule has 2 aliphatic carbocycles. The standard InChI is InChI=1S/C16H25NS/c1-11(2)14-7-15-12(3)5-6-13(15)8-16(4,9-14)18-10-17/h7,11-13,15H,5-6,8-9H2,1-4H3/t12-,13+,15-,16+/m1/s1. The van der Waals surface area contributed by atoms with E-state index in [2.05, 4.69) is 39.2 Å².